The molecule has 0 nitrogen and oxygen atoms in total. The van der Waals surface area contributed by atoms with E-state index in [9.17, 15) is 0 Å². The maximum Gasteiger partial charge on any atom is 0 e. The van der Waals surface area contributed by atoms with Gasteiger partial charge < -0.3 is 0 Å². The summed E-state index contributed by atoms with van der Waals surface area (Å²) in [6.45, 7) is 8.82. The summed E-state index contributed by atoms with van der Waals surface area (Å²) in [5.41, 5.74) is 2.64. The van der Waals surface area contributed by atoms with Gasteiger partial charge in [-0.1, -0.05) is 27.7 Å². The summed E-state index contributed by atoms with van der Waals surface area (Å²) < 4.78 is 0. The molecular weight excluding hydrogens is 289 g/mol. The van der Waals surface area contributed by atoms with Crippen LogP contribution < -0.4 is 0 Å². The van der Waals surface area contributed by atoms with Gasteiger partial charge >= 0.3 is 0 Å². The van der Waals surface area contributed by atoms with E-state index in [0.29, 0.717) is 11.8 Å². The molecule has 0 radical (unpaired) electrons. The Hall–Kier alpha value is 0.323. The normalized spacial score (nSPS) is 9.57. The molecule has 0 saturated heterocycles. The van der Waals surface area contributed by atoms with E-state index in [1.54, 1.807) is 0 Å². The first-order valence-electron chi connectivity index (χ1n) is 4.63. The second kappa shape index (κ2) is 7.59. The van der Waals surface area contributed by atoms with Crippen molar-refractivity contribution in [1.82, 2.24) is 0 Å². The van der Waals surface area contributed by atoms with Gasteiger partial charge in [-0.05, 0) is 11.8 Å². The van der Waals surface area contributed by atoms with Gasteiger partial charge in [0.25, 0.3) is 0 Å². The van der Waals surface area contributed by atoms with Crippen LogP contribution in [0.25, 0.3) is 0 Å². The van der Waals surface area contributed by atoms with Crippen LogP contribution in [-0.4, -0.2) is 0 Å². The van der Waals surface area contributed by atoms with E-state index < -0.39 is 0 Å². The maximum atomic E-state index is 3.44. The van der Waals surface area contributed by atoms with Crippen LogP contribution in [0.5, 0.6) is 0 Å². The predicted octanol–water partition coefficient (Wildman–Crippen LogP) is 4.31. The third kappa shape index (κ3) is 4.71. The molecule has 0 amide bonds. The Labute approximate surface area is 111 Å². The van der Waals surface area contributed by atoms with E-state index in [4.69, 9.17) is 0 Å². The quantitative estimate of drug-likeness (QED) is 0.564. The minimum atomic E-state index is 0. The van der Waals surface area contributed by atoms with Gasteiger partial charge in [-0.2, -0.15) is 35.4 Å². The molecule has 14 heavy (non-hydrogen) atoms. The zero-order valence-corrected chi connectivity index (χ0v) is 14.2. The van der Waals surface area contributed by atoms with E-state index in [1.807, 2.05) is 0 Å². The van der Waals surface area contributed by atoms with Crippen LogP contribution in [0.4, 0.5) is 0 Å². The third-order valence-corrected chi connectivity index (χ3v) is 2.08. The van der Waals surface area contributed by atoms with Gasteiger partial charge in [-0.15, -0.1) is 17.0 Å². The van der Waals surface area contributed by atoms with E-state index >= 15 is 0 Å². The number of hydrogen-bond acceptors (Lipinski definition) is 0. The van der Waals surface area contributed by atoms with Crippen molar-refractivity contribution in [3.05, 3.63) is 35.4 Å². The van der Waals surface area contributed by atoms with E-state index in [2.05, 4.69) is 52.0 Å². The molecule has 76 valence electrons. The van der Waals surface area contributed by atoms with Gasteiger partial charge in [0, 0.05) is 19.5 Å². The average Bonchev–Trinajstić information content (AvgIpc) is 2.04. The molecule has 1 aromatic rings. The van der Waals surface area contributed by atoms with Crippen LogP contribution in [0.15, 0.2) is 18.2 Å². The van der Waals surface area contributed by atoms with Crippen LogP contribution in [0.3, 0.4) is 0 Å². The summed E-state index contributed by atoms with van der Waals surface area (Å²) in [7, 11) is 0. The molecule has 0 aliphatic rings. The Morgan fingerprint density at radius 3 is 1.57 bits per heavy atom. The second-order valence-electron chi connectivity index (χ2n) is 3.87. The van der Waals surface area contributed by atoms with E-state index in [-0.39, 0.29) is 36.5 Å². The van der Waals surface area contributed by atoms with Crippen LogP contribution in [0.2, 0.25) is 0 Å². The Kier molecular flexibility index (Phi) is 9.08. The number of benzene rings is 1. The minimum absolute atomic E-state index is 0. The van der Waals surface area contributed by atoms with Crippen molar-refractivity contribution in [1.29, 1.82) is 0 Å². The Bertz CT molecular complexity index is 233. The largest absolute Gasteiger partial charge is 0.176 e. The smallest absolute Gasteiger partial charge is 0 e. The summed E-state index contributed by atoms with van der Waals surface area (Å²) in [5, 5.41) is 0. The fraction of sp³-hybridized carbons (Fsp3) is 0.500. The van der Waals surface area contributed by atoms with Crippen molar-refractivity contribution in [3.8, 4) is 0 Å². The molecule has 0 aliphatic carbocycles. The van der Waals surface area contributed by atoms with Crippen molar-refractivity contribution < 1.29 is 19.5 Å². The fourth-order valence-electron chi connectivity index (χ4n) is 1.18. The fourth-order valence-corrected chi connectivity index (χ4v) is 1.18. The van der Waals surface area contributed by atoms with Crippen LogP contribution in [0, 0.1) is 6.07 Å². The maximum absolute atomic E-state index is 3.44. The standard InChI is InChI=1S/C12H17.BrH.Zn/c1-9(2)11-6-5-7-12(8-11)10(3)4;;/h5-7,9-10H,1-4H3;1H;/q-1;;. The monoisotopic (exact) mass is 305 g/mol. The molecule has 0 atom stereocenters. The van der Waals surface area contributed by atoms with Crippen LogP contribution in [-0.2, 0) is 19.5 Å². The summed E-state index contributed by atoms with van der Waals surface area (Å²) in [6, 6.07) is 9.87. The molecule has 0 aromatic heterocycles. The number of rotatable bonds is 2. The van der Waals surface area contributed by atoms with E-state index in [1.165, 1.54) is 11.1 Å². The topological polar surface area (TPSA) is 0 Å². The Morgan fingerprint density at radius 1 is 0.929 bits per heavy atom. The van der Waals surface area contributed by atoms with Crippen molar-refractivity contribution in [2.45, 2.75) is 39.5 Å². The zero-order chi connectivity index (χ0) is 9.14. The summed E-state index contributed by atoms with van der Waals surface area (Å²) in [5.74, 6) is 1.17. The molecule has 0 aliphatic heterocycles. The van der Waals surface area contributed by atoms with Gasteiger partial charge in [0.15, 0.2) is 0 Å². The average molecular weight is 308 g/mol. The molecule has 1 aromatic carbocycles. The van der Waals surface area contributed by atoms with Gasteiger partial charge in [-0.3, -0.25) is 0 Å². The molecule has 0 unspecified atom stereocenters. The molecule has 0 heterocycles. The molecule has 1 rings (SSSR count). The molecule has 0 spiro atoms. The van der Waals surface area contributed by atoms with Crippen LogP contribution in [0.1, 0.15) is 50.7 Å². The second-order valence-corrected chi connectivity index (χ2v) is 3.87. The summed E-state index contributed by atoms with van der Waals surface area (Å²) in [6.07, 6.45) is 0. The van der Waals surface area contributed by atoms with Crippen molar-refractivity contribution >= 4 is 17.0 Å². The van der Waals surface area contributed by atoms with Gasteiger partial charge in [0.05, 0.1) is 0 Å². The van der Waals surface area contributed by atoms with Crippen molar-refractivity contribution in [2.24, 2.45) is 0 Å². The molecule has 0 fully saturated rings. The molecular formula is C12H18BrZn-. The van der Waals surface area contributed by atoms with E-state index in [0.717, 1.165) is 0 Å². The van der Waals surface area contributed by atoms with Crippen LogP contribution >= 0.6 is 17.0 Å². The first-order chi connectivity index (χ1) is 5.61. The first kappa shape index (κ1) is 16.7. The summed E-state index contributed by atoms with van der Waals surface area (Å²) >= 11 is 0. The first-order valence-corrected chi connectivity index (χ1v) is 4.63. The molecule has 0 bridgehead atoms. The summed E-state index contributed by atoms with van der Waals surface area (Å²) in [4.78, 5) is 0. The predicted molar refractivity (Wildman–Crippen MR) is 63.8 cm³/mol. The minimum Gasteiger partial charge on any atom is -0.176 e. The SMILES string of the molecule is Br.CC(C)c1[c-]c(C(C)C)ccc1.[Zn]. The molecule has 0 saturated carbocycles. The van der Waals surface area contributed by atoms with Crippen molar-refractivity contribution in [3.63, 3.8) is 0 Å². The Balaban J connectivity index is 0. The number of hydrogen-bond donors (Lipinski definition) is 0. The number of halogens is 1. The van der Waals surface area contributed by atoms with Gasteiger partial charge in [-0.25, -0.2) is 0 Å². The zero-order valence-electron chi connectivity index (χ0n) is 9.50. The Morgan fingerprint density at radius 2 is 1.29 bits per heavy atom. The third-order valence-electron chi connectivity index (χ3n) is 2.08. The van der Waals surface area contributed by atoms with Gasteiger partial charge in [0.1, 0.15) is 0 Å². The molecule has 2 heteroatoms. The van der Waals surface area contributed by atoms with Gasteiger partial charge in [0.2, 0.25) is 0 Å². The molecule has 0 N–H and O–H groups in total. The van der Waals surface area contributed by atoms with Crippen molar-refractivity contribution in [2.75, 3.05) is 0 Å².